The number of hydrogen-bond donors (Lipinski definition) is 0. The molecule has 0 spiro atoms. The van der Waals surface area contributed by atoms with Crippen LogP contribution >= 0.6 is 15.9 Å². The van der Waals surface area contributed by atoms with Crippen molar-refractivity contribution >= 4 is 39.6 Å². The van der Waals surface area contributed by atoms with E-state index in [4.69, 9.17) is 0 Å². The van der Waals surface area contributed by atoms with Gasteiger partial charge >= 0.3 is 0 Å². The normalized spacial score (nSPS) is 30.7. The van der Waals surface area contributed by atoms with Crippen molar-refractivity contribution in [2.45, 2.75) is 6.42 Å². The van der Waals surface area contributed by atoms with Gasteiger partial charge in [-0.05, 0) is 51.9 Å². The van der Waals surface area contributed by atoms with Gasteiger partial charge in [-0.1, -0.05) is 18.2 Å². The fourth-order valence-electron chi connectivity index (χ4n) is 4.09. The topological polar surface area (TPSA) is 53.0 Å². The molecule has 5 nitrogen and oxygen atoms in total. The van der Waals surface area contributed by atoms with Crippen molar-refractivity contribution in [3.05, 3.63) is 40.4 Å². The van der Waals surface area contributed by atoms with Gasteiger partial charge in [0, 0.05) is 18.6 Å². The minimum absolute atomic E-state index is 0.151. The van der Waals surface area contributed by atoms with Crippen LogP contribution in [0.5, 0.6) is 0 Å². The number of fused-ring (bicyclic) bond motifs is 5. The molecule has 4 atom stereocenters. The molecule has 1 aromatic rings. The lowest BCUT2D eigenvalue weighted by Crippen LogP contribution is -2.28. The van der Waals surface area contributed by atoms with E-state index in [1.807, 2.05) is 37.2 Å². The molecule has 1 aliphatic heterocycles. The molecule has 24 heavy (non-hydrogen) atoms. The third kappa shape index (κ3) is 2.24. The average molecular weight is 388 g/mol. The van der Waals surface area contributed by atoms with Crippen molar-refractivity contribution in [1.82, 2.24) is 5.01 Å². The molecule has 3 aliphatic rings. The molecule has 124 valence electrons. The Hall–Kier alpha value is -1.95. The van der Waals surface area contributed by atoms with E-state index in [0.717, 1.165) is 27.2 Å². The van der Waals surface area contributed by atoms with Crippen molar-refractivity contribution in [2.75, 3.05) is 19.0 Å². The Morgan fingerprint density at radius 3 is 2.33 bits per heavy atom. The highest BCUT2D eigenvalue weighted by atomic mass is 79.9. The largest absolute Gasteiger partial charge is 0.377 e. The van der Waals surface area contributed by atoms with Crippen LogP contribution in [-0.4, -0.2) is 37.1 Å². The highest BCUT2D eigenvalue weighted by molar-refractivity contribution is 9.10. The molecular weight excluding hydrogens is 370 g/mol. The van der Waals surface area contributed by atoms with Crippen LogP contribution in [0.25, 0.3) is 0 Å². The second-order valence-corrected chi connectivity index (χ2v) is 7.69. The predicted octanol–water partition coefficient (Wildman–Crippen LogP) is 2.66. The molecule has 1 saturated carbocycles. The van der Waals surface area contributed by atoms with Gasteiger partial charge in [-0.25, -0.2) is 0 Å². The van der Waals surface area contributed by atoms with Crippen molar-refractivity contribution < 1.29 is 9.59 Å². The molecule has 0 aromatic heterocycles. The van der Waals surface area contributed by atoms with Crippen molar-refractivity contribution in [3.63, 3.8) is 0 Å². The SMILES string of the molecule is CN(C)c1ccc(/C=N\N2C(=O)[C@@H]3[C@H](C2=O)[C@H]2C=C[C@H]3C2)cc1Br. The van der Waals surface area contributed by atoms with Gasteiger partial charge < -0.3 is 4.90 Å². The minimum Gasteiger partial charge on any atom is -0.377 e. The molecule has 2 bridgehead atoms. The fourth-order valence-corrected chi connectivity index (χ4v) is 4.84. The number of anilines is 1. The van der Waals surface area contributed by atoms with E-state index in [0.29, 0.717) is 0 Å². The number of carbonyl (C=O) groups excluding carboxylic acids is 2. The maximum atomic E-state index is 12.6. The summed E-state index contributed by atoms with van der Waals surface area (Å²) in [6, 6.07) is 5.81. The summed E-state index contributed by atoms with van der Waals surface area (Å²) in [6.07, 6.45) is 6.68. The van der Waals surface area contributed by atoms with Crippen LogP contribution in [-0.2, 0) is 9.59 Å². The van der Waals surface area contributed by atoms with Crippen LogP contribution in [0.15, 0.2) is 39.9 Å². The van der Waals surface area contributed by atoms with Gasteiger partial charge in [0.05, 0.1) is 23.7 Å². The summed E-state index contributed by atoms with van der Waals surface area (Å²) < 4.78 is 0.939. The predicted molar refractivity (Wildman–Crippen MR) is 95.6 cm³/mol. The Bertz CT molecular complexity index is 756. The summed E-state index contributed by atoms with van der Waals surface area (Å²) in [7, 11) is 3.94. The third-order valence-electron chi connectivity index (χ3n) is 5.22. The molecule has 0 N–H and O–H groups in total. The maximum absolute atomic E-state index is 12.6. The van der Waals surface area contributed by atoms with Gasteiger partial charge in [0.2, 0.25) is 0 Å². The first-order valence-corrected chi connectivity index (χ1v) is 8.83. The van der Waals surface area contributed by atoms with Crippen LogP contribution in [0.3, 0.4) is 0 Å². The fraction of sp³-hybridized carbons (Fsp3) is 0.389. The molecule has 4 rings (SSSR count). The monoisotopic (exact) mass is 387 g/mol. The van der Waals surface area contributed by atoms with Gasteiger partial charge in [-0.2, -0.15) is 10.1 Å². The van der Waals surface area contributed by atoms with Crippen LogP contribution < -0.4 is 4.90 Å². The summed E-state index contributed by atoms with van der Waals surface area (Å²) in [4.78, 5) is 27.1. The number of allylic oxidation sites excluding steroid dienone is 2. The Kier molecular flexibility index (Phi) is 3.60. The van der Waals surface area contributed by atoms with Gasteiger partial charge in [0.1, 0.15) is 0 Å². The maximum Gasteiger partial charge on any atom is 0.254 e. The van der Waals surface area contributed by atoms with Crippen molar-refractivity contribution in [2.24, 2.45) is 28.8 Å². The smallest absolute Gasteiger partial charge is 0.254 e. The van der Waals surface area contributed by atoms with E-state index in [1.54, 1.807) is 6.21 Å². The molecule has 1 heterocycles. The third-order valence-corrected chi connectivity index (χ3v) is 5.86. The number of hydrogen-bond acceptors (Lipinski definition) is 4. The van der Waals surface area contributed by atoms with Gasteiger partial charge in [0.25, 0.3) is 11.8 Å². The second kappa shape index (κ2) is 5.55. The van der Waals surface area contributed by atoms with Gasteiger partial charge in [0.15, 0.2) is 0 Å². The van der Waals surface area contributed by atoms with Gasteiger partial charge in [-0.3, -0.25) is 9.59 Å². The summed E-state index contributed by atoms with van der Waals surface area (Å²) in [5, 5.41) is 5.28. The highest BCUT2D eigenvalue weighted by Crippen LogP contribution is 2.52. The Balaban J connectivity index is 1.56. The summed E-state index contributed by atoms with van der Waals surface area (Å²) in [5.41, 5.74) is 1.89. The Morgan fingerprint density at radius 2 is 1.79 bits per heavy atom. The number of hydrazone groups is 1. The lowest BCUT2D eigenvalue weighted by atomic mass is 9.85. The summed E-state index contributed by atoms with van der Waals surface area (Å²) in [6.45, 7) is 0. The molecule has 0 unspecified atom stereocenters. The molecule has 1 aromatic carbocycles. The zero-order valence-electron chi connectivity index (χ0n) is 13.5. The number of benzene rings is 1. The van der Waals surface area contributed by atoms with Crippen LogP contribution in [0.1, 0.15) is 12.0 Å². The number of amides is 2. The highest BCUT2D eigenvalue weighted by Gasteiger charge is 2.59. The summed E-state index contributed by atoms with van der Waals surface area (Å²) in [5.74, 6) is -0.278. The van der Waals surface area contributed by atoms with Crippen LogP contribution in [0, 0.1) is 23.7 Å². The number of imide groups is 1. The first-order chi connectivity index (χ1) is 11.5. The first kappa shape index (κ1) is 15.6. The van der Waals surface area contributed by atoms with Crippen LogP contribution in [0.2, 0.25) is 0 Å². The molecule has 6 heteroatoms. The molecule has 1 saturated heterocycles. The van der Waals surface area contributed by atoms with E-state index < -0.39 is 0 Å². The zero-order valence-corrected chi connectivity index (χ0v) is 15.1. The Labute approximate surface area is 149 Å². The lowest BCUT2D eigenvalue weighted by molar-refractivity contribution is -0.140. The van der Waals surface area contributed by atoms with E-state index in [-0.39, 0.29) is 35.5 Å². The molecule has 0 radical (unpaired) electrons. The Morgan fingerprint density at radius 1 is 1.17 bits per heavy atom. The standard InChI is InChI=1S/C18H18BrN3O2/c1-21(2)14-6-3-10(7-13(14)19)9-20-22-17(23)15-11-4-5-12(8-11)16(15)18(22)24/h3-7,9,11-12,15-16H,8H2,1-2H3/b20-9-/t11-,12-,15-,16+/m0/s1. The zero-order chi connectivity index (χ0) is 17.0. The number of halogens is 1. The van der Waals surface area contributed by atoms with Crippen molar-refractivity contribution in [1.29, 1.82) is 0 Å². The minimum atomic E-state index is -0.201. The summed E-state index contributed by atoms with van der Waals surface area (Å²) >= 11 is 3.53. The average Bonchev–Trinajstić information content (AvgIpc) is 3.20. The molecule has 2 fully saturated rings. The first-order valence-electron chi connectivity index (χ1n) is 8.04. The van der Waals surface area contributed by atoms with Gasteiger partial charge in [-0.15, -0.1) is 0 Å². The van der Waals surface area contributed by atoms with E-state index in [2.05, 4.69) is 33.2 Å². The molecule has 2 amide bonds. The lowest BCUT2D eigenvalue weighted by Gasteiger charge is -2.15. The van der Waals surface area contributed by atoms with E-state index in [9.17, 15) is 9.59 Å². The van der Waals surface area contributed by atoms with Crippen LogP contribution in [0.4, 0.5) is 5.69 Å². The number of carbonyl (C=O) groups is 2. The van der Waals surface area contributed by atoms with E-state index in [1.165, 1.54) is 0 Å². The van der Waals surface area contributed by atoms with E-state index >= 15 is 0 Å². The quantitative estimate of drug-likeness (QED) is 0.455. The number of nitrogens with zero attached hydrogens (tertiary/aromatic N) is 3. The van der Waals surface area contributed by atoms with Crippen molar-refractivity contribution in [3.8, 4) is 0 Å². The second-order valence-electron chi connectivity index (χ2n) is 6.84. The molecular formula is C18H18BrN3O2. The number of rotatable bonds is 3. The molecule has 2 aliphatic carbocycles.